The van der Waals surface area contributed by atoms with Gasteiger partial charge in [-0.05, 0) is 37.0 Å². The van der Waals surface area contributed by atoms with Crippen molar-refractivity contribution < 1.29 is 4.79 Å². The van der Waals surface area contributed by atoms with Gasteiger partial charge in [0.15, 0.2) is 0 Å². The third-order valence-electron chi connectivity index (χ3n) is 3.69. The van der Waals surface area contributed by atoms with Crippen LogP contribution in [0.5, 0.6) is 0 Å². The van der Waals surface area contributed by atoms with Crippen LogP contribution >= 0.6 is 0 Å². The zero-order valence-corrected chi connectivity index (χ0v) is 12.9. The van der Waals surface area contributed by atoms with E-state index in [1.165, 1.54) is 5.56 Å². The minimum Gasteiger partial charge on any atom is -0.350 e. The second-order valence-corrected chi connectivity index (χ2v) is 5.30. The van der Waals surface area contributed by atoms with Gasteiger partial charge in [0.1, 0.15) is 0 Å². The number of pyridine rings is 1. The average Bonchev–Trinajstić information content (AvgIpc) is 2.55. The maximum absolute atomic E-state index is 12.1. The highest BCUT2D eigenvalue weighted by molar-refractivity contribution is 5.95. The van der Waals surface area contributed by atoms with E-state index < -0.39 is 0 Å². The Bertz CT molecular complexity index is 605. The number of aromatic nitrogens is 1. The Labute approximate surface area is 126 Å². The quantitative estimate of drug-likeness (QED) is 0.905. The van der Waals surface area contributed by atoms with Crippen LogP contribution in [0.2, 0.25) is 0 Å². The number of benzene rings is 1. The molecule has 0 saturated heterocycles. The van der Waals surface area contributed by atoms with Crippen LogP contribution in [0.1, 0.15) is 43.1 Å². The molecule has 1 aromatic heterocycles. The minimum absolute atomic E-state index is 0.0659. The zero-order valence-electron chi connectivity index (χ0n) is 12.9. The van der Waals surface area contributed by atoms with Gasteiger partial charge in [-0.1, -0.05) is 38.1 Å². The second-order valence-electron chi connectivity index (χ2n) is 5.30. The number of carbonyl (C=O) groups excluding carboxylic acids is 1. The predicted molar refractivity (Wildman–Crippen MR) is 86.3 cm³/mol. The highest BCUT2D eigenvalue weighted by Crippen LogP contribution is 2.20. The maximum atomic E-state index is 12.1. The van der Waals surface area contributed by atoms with Gasteiger partial charge >= 0.3 is 0 Å². The third-order valence-corrected chi connectivity index (χ3v) is 3.69. The van der Waals surface area contributed by atoms with Crippen LogP contribution in [0.4, 0.5) is 0 Å². The monoisotopic (exact) mass is 282 g/mol. The first-order valence-electron chi connectivity index (χ1n) is 7.49. The summed E-state index contributed by atoms with van der Waals surface area (Å²) in [7, 11) is 0. The fraction of sp³-hybridized carbons (Fsp3) is 0.333. The lowest BCUT2D eigenvalue weighted by Gasteiger charge is -2.11. The normalized spacial score (nSPS) is 12.0. The van der Waals surface area contributed by atoms with E-state index in [-0.39, 0.29) is 11.9 Å². The van der Waals surface area contributed by atoms with E-state index in [0.717, 1.165) is 24.0 Å². The third kappa shape index (κ3) is 3.91. The summed E-state index contributed by atoms with van der Waals surface area (Å²) in [5.41, 5.74) is 3.96. The molecule has 0 fully saturated rings. The van der Waals surface area contributed by atoms with Crippen molar-refractivity contribution in [1.82, 2.24) is 10.3 Å². The Hall–Kier alpha value is -2.16. The average molecular weight is 282 g/mol. The first-order chi connectivity index (χ1) is 10.1. The molecule has 1 unspecified atom stereocenters. The maximum Gasteiger partial charge on any atom is 0.253 e. The summed E-state index contributed by atoms with van der Waals surface area (Å²) >= 11 is 0. The molecule has 2 rings (SSSR count). The number of hydrogen-bond acceptors (Lipinski definition) is 2. The Balaban J connectivity index is 2.22. The van der Waals surface area contributed by atoms with Crippen LogP contribution in [0, 0.1) is 0 Å². The van der Waals surface area contributed by atoms with Crippen molar-refractivity contribution in [3.05, 3.63) is 53.9 Å². The van der Waals surface area contributed by atoms with Crippen LogP contribution in [0.25, 0.3) is 11.1 Å². The molecular formula is C18H22N2O. The summed E-state index contributed by atoms with van der Waals surface area (Å²) in [6.45, 7) is 6.18. The van der Waals surface area contributed by atoms with E-state index >= 15 is 0 Å². The van der Waals surface area contributed by atoms with Gasteiger partial charge in [0.25, 0.3) is 5.91 Å². The van der Waals surface area contributed by atoms with E-state index in [9.17, 15) is 4.79 Å². The second kappa shape index (κ2) is 7.02. The standard InChI is InChI=1S/C18H22N2O/c1-4-13(3)20-18(21)17-10-16(11-19-12-17)15-8-6-14(5-2)7-9-15/h6-13H,4-5H2,1-3H3,(H,20,21). The van der Waals surface area contributed by atoms with Crippen LogP contribution in [0.3, 0.4) is 0 Å². The molecule has 0 radical (unpaired) electrons. The topological polar surface area (TPSA) is 42.0 Å². The molecule has 3 heteroatoms. The van der Waals surface area contributed by atoms with Gasteiger partial charge in [-0.2, -0.15) is 0 Å². The molecule has 3 nitrogen and oxygen atoms in total. The summed E-state index contributed by atoms with van der Waals surface area (Å²) in [5, 5.41) is 2.96. The van der Waals surface area contributed by atoms with Crippen LogP contribution in [-0.2, 0) is 6.42 Å². The van der Waals surface area contributed by atoms with Gasteiger partial charge in [-0.15, -0.1) is 0 Å². The van der Waals surface area contributed by atoms with Crippen molar-refractivity contribution in [2.75, 3.05) is 0 Å². The molecule has 2 aromatic rings. The lowest BCUT2D eigenvalue weighted by atomic mass is 10.0. The van der Waals surface area contributed by atoms with Crippen LogP contribution in [-0.4, -0.2) is 16.9 Å². The Morgan fingerprint density at radius 2 is 1.86 bits per heavy atom. The first-order valence-corrected chi connectivity index (χ1v) is 7.49. The molecule has 0 aliphatic rings. The summed E-state index contributed by atoms with van der Waals surface area (Å²) in [6, 6.07) is 10.4. The van der Waals surface area contributed by atoms with Gasteiger partial charge in [-0.25, -0.2) is 0 Å². The molecule has 1 aromatic carbocycles. The number of carbonyl (C=O) groups is 1. The van der Waals surface area contributed by atoms with E-state index in [0.29, 0.717) is 5.56 Å². The van der Waals surface area contributed by atoms with Crippen molar-refractivity contribution in [1.29, 1.82) is 0 Å². The first kappa shape index (κ1) is 15.2. The highest BCUT2D eigenvalue weighted by Gasteiger charge is 2.10. The summed E-state index contributed by atoms with van der Waals surface area (Å²) in [5.74, 6) is -0.0659. The van der Waals surface area contributed by atoms with Gasteiger partial charge in [-0.3, -0.25) is 9.78 Å². The fourth-order valence-electron chi connectivity index (χ4n) is 2.06. The molecule has 110 valence electrons. The molecule has 0 saturated carbocycles. The van der Waals surface area contributed by atoms with E-state index in [1.54, 1.807) is 12.4 Å². The fourth-order valence-corrected chi connectivity index (χ4v) is 2.06. The molecular weight excluding hydrogens is 260 g/mol. The molecule has 0 aliphatic heterocycles. The molecule has 1 amide bonds. The Kier molecular flexibility index (Phi) is 5.09. The Morgan fingerprint density at radius 3 is 2.48 bits per heavy atom. The molecule has 1 heterocycles. The van der Waals surface area contributed by atoms with Gasteiger partial charge < -0.3 is 5.32 Å². The van der Waals surface area contributed by atoms with Crippen molar-refractivity contribution in [3.8, 4) is 11.1 Å². The van der Waals surface area contributed by atoms with Gasteiger partial charge in [0.2, 0.25) is 0 Å². The highest BCUT2D eigenvalue weighted by atomic mass is 16.1. The van der Waals surface area contributed by atoms with Gasteiger partial charge in [0.05, 0.1) is 5.56 Å². The summed E-state index contributed by atoms with van der Waals surface area (Å²) in [4.78, 5) is 16.3. The molecule has 1 atom stereocenters. The van der Waals surface area contributed by atoms with Crippen molar-refractivity contribution >= 4 is 5.91 Å². The van der Waals surface area contributed by atoms with E-state index in [2.05, 4.69) is 48.4 Å². The lowest BCUT2D eigenvalue weighted by Crippen LogP contribution is -2.31. The molecule has 21 heavy (non-hydrogen) atoms. The lowest BCUT2D eigenvalue weighted by molar-refractivity contribution is 0.0939. The summed E-state index contributed by atoms with van der Waals surface area (Å²) < 4.78 is 0. The molecule has 0 bridgehead atoms. The molecule has 0 aliphatic carbocycles. The SMILES string of the molecule is CCc1ccc(-c2cncc(C(=O)NC(C)CC)c2)cc1. The molecule has 0 spiro atoms. The number of rotatable bonds is 5. The van der Waals surface area contributed by atoms with E-state index in [1.807, 2.05) is 13.0 Å². The van der Waals surface area contributed by atoms with Crippen molar-refractivity contribution in [2.24, 2.45) is 0 Å². The minimum atomic E-state index is -0.0659. The zero-order chi connectivity index (χ0) is 15.2. The number of hydrogen-bond donors (Lipinski definition) is 1. The molecule has 1 N–H and O–H groups in total. The number of aryl methyl sites for hydroxylation is 1. The van der Waals surface area contributed by atoms with Crippen LogP contribution in [0.15, 0.2) is 42.7 Å². The predicted octanol–water partition coefficient (Wildman–Crippen LogP) is 3.84. The smallest absolute Gasteiger partial charge is 0.253 e. The number of nitrogens with one attached hydrogen (secondary N) is 1. The number of amides is 1. The largest absolute Gasteiger partial charge is 0.350 e. The number of nitrogens with zero attached hydrogens (tertiary/aromatic N) is 1. The summed E-state index contributed by atoms with van der Waals surface area (Å²) in [6.07, 6.45) is 5.34. The van der Waals surface area contributed by atoms with E-state index in [4.69, 9.17) is 0 Å². The van der Waals surface area contributed by atoms with Crippen molar-refractivity contribution in [2.45, 2.75) is 39.7 Å². The van der Waals surface area contributed by atoms with Crippen LogP contribution < -0.4 is 5.32 Å². The Morgan fingerprint density at radius 1 is 1.14 bits per heavy atom. The van der Waals surface area contributed by atoms with Gasteiger partial charge in [0, 0.05) is 24.0 Å². The van der Waals surface area contributed by atoms with Crippen molar-refractivity contribution in [3.63, 3.8) is 0 Å².